The van der Waals surface area contributed by atoms with Gasteiger partial charge < -0.3 is 10.3 Å². The largest absolute Gasteiger partial charge is 0.362 e. The van der Waals surface area contributed by atoms with E-state index in [0.717, 1.165) is 4.47 Å². The van der Waals surface area contributed by atoms with E-state index in [9.17, 15) is 13.6 Å². The fourth-order valence-electron chi connectivity index (χ4n) is 0.773. The molecule has 6 heteroatoms. The first-order chi connectivity index (χ1) is 6.09. The predicted molar refractivity (Wildman–Crippen MR) is 46.3 cm³/mol. The second-order valence-corrected chi connectivity index (χ2v) is 3.28. The van der Waals surface area contributed by atoms with E-state index in [4.69, 9.17) is 0 Å². The van der Waals surface area contributed by atoms with Crippen molar-refractivity contribution in [3.05, 3.63) is 22.4 Å². The number of nitrogens with one attached hydrogen (secondary N) is 2. The summed E-state index contributed by atoms with van der Waals surface area (Å²) in [5, 5.41) is 2.07. The van der Waals surface area contributed by atoms with E-state index >= 15 is 0 Å². The molecule has 1 aromatic rings. The predicted octanol–water partition coefficient (Wildman–Crippen LogP) is 1.66. The highest BCUT2D eigenvalue weighted by molar-refractivity contribution is 9.10. The number of carbonyl (C=O) groups is 1. The number of H-pyrrole nitrogens is 1. The maximum Gasteiger partial charge on any atom is 0.315 e. The number of rotatable bonds is 3. The molecule has 0 aliphatic heterocycles. The van der Waals surface area contributed by atoms with Gasteiger partial charge in [-0.25, -0.2) is 0 Å². The second-order valence-electron chi connectivity index (χ2n) is 2.36. The number of halogens is 3. The summed E-state index contributed by atoms with van der Waals surface area (Å²) >= 11 is 3.18. The quantitative estimate of drug-likeness (QED) is 0.845. The molecule has 0 aromatic carbocycles. The van der Waals surface area contributed by atoms with Gasteiger partial charge in [0, 0.05) is 16.4 Å². The fourth-order valence-corrected chi connectivity index (χ4v) is 1.16. The highest BCUT2D eigenvalue weighted by Gasteiger charge is 2.13. The van der Waals surface area contributed by atoms with Gasteiger partial charge in [0.15, 0.2) is 0 Å². The number of carbonyl (C=O) groups excluding carboxylic acids is 1. The minimum Gasteiger partial charge on any atom is -0.362 e. The van der Waals surface area contributed by atoms with Crippen LogP contribution in [0.15, 0.2) is 16.7 Å². The zero-order chi connectivity index (χ0) is 9.84. The van der Waals surface area contributed by atoms with Crippen LogP contribution in [0.25, 0.3) is 0 Å². The molecule has 2 N–H and O–H groups in total. The van der Waals surface area contributed by atoms with Gasteiger partial charge in [0.25, 0.3) is 5.91 Å². The van der Waals surface area contributed by atoms with E-state index in [2.05, 4.69) is 26.2 Å². The zero-order valence-electron chi connectivity index (χ0n) is 6.48. The molecule has 0 saturated heterocycles. The lowest BCUT2D eigenvalue weighted by atomic mass is 10.4. The summed E-state index contributed by atoms with van der Waals surface area (Å²) in [5.74, 6) is -1.26. The van der Waals surface area contributed by atoms with E-state index in [-0.39, 0.29) is 6.54 Å². The van der Waals surface area contributed by atoms with Crippen LogP contribution in [0, 0.1) is 0 Å². The number of aromatic amines is 1. The molecule has 3 nitrogen and oxygen atoms in total. The third kappa shape index (κ3) is 3.14. The first kappa shape index (κ1) is 10.2. The fraction of sp³-hybridized carbons (Fsp3) is 0.286. The van der Waals surface area contributed by atoms with Gasteiger partial charge in [0.1, 0.15) is 0 Å². The van der Waals surface area contributed by atoms with Crippen molar-refractivity contribution in [1.82, 2.24) is 10.3 Å². The van der Waals surface area contributed by atoms with Gasteiger partial charge in [-0.3, -0.25) is 4.79 Å². The summed E-state index contributed by atoms with van der Waals surface area (Å²) in [6.07, 6.45) is -1.30. The number of hydrogen-bond acceptors (Lipinski definition) is 1. The van der Waals surface area contributed by atoms with Crippen molar-refractivity contribution in [1.29, 1.82) is 0 Å². The van der Waals surface area contributed by atoms with Crippen LogP contribution in [0.3, 0.4) is 0 Å². The average Bonchev–Trinajstić information content (AvgIpc) is 2.47. The normalized spacial score (nSPS) is 10.5. The summed E-state index contributed by atoms with van der Waals surface area (Å²) in [5.41, 5.74) is 0.667. The van der Waals surface area contributed by atoms with Gasteiger partial charge in [-0.15, -0.1) is 0 Å². The summed E-state index contributed by atoms with van der Waals surface area (Å²) in [4.78, 5) is 13.2. The smallest absolute Gasteiger partial charge is 0.315 e. The van der Waals surface area contributed by atoms with Crippen LogP contribution in [0.1, 0.15) is 5.69 Å². The van der Waals surface area contributed by atoms with E-state index < -0.39 is 12.3 Å². The van der Waals surface area contributed by atoms with Crippen molar-refractivity contribution in [2.75, 3.05) is 0 Å². The lowest BCUT2D eigenvalue weighted by Crippen LogP contribution is -2.28. The summed E-state index contributed by atoms with van der Waals surface area (Å²) in [6.45, 7) is 0.0781. The Morgan fingerprint density at radius 1 is 1.69 bits per heavy atom. The Morgan fingerprint density at radius 3 is 2.85 bits per heavy atom. The van der Waals surface area contributed by atoms with Gasteiger partial charge >= 0.3 is 6.43 Å². The van der Waals surface area contributed by atoms with Crippen molar-refractivity contribution in [2.24, 2.45) is 0 Å². The molecule has 0 unspecified atom stereocenters. The monoisotopic (exact) mass is 252 g/mol. The second kappa shape index (κ2) is 4.36. The van der Waals surface area contributed by atoms with Gasteiger partial charge in [0.05, 0.1) is 6.54 Å². The van der Waals surface area contributed by atoms with E-state index in [1.54, 1.807) is 12.3 Å². The Labute approximate surface area is 81.6 Å². The maximum absolute atomic E-state index is 11.7. The molecule has 0 atom stereocenters. The van der Waals surface area contributed by atoms with Gasteiger partial charge in [-0.2, -0.15) is 8.78 Å². The molecule has 1 amide bonds. The van der Waals surface area contributed by atoms with Crippen LogP contribution in [0.4, 0.5) is 8.78 Å². The summed E-state index contributed by atoms with van der Waals surface area (Å²) in [7, 11) is 0. The molecular formula is C7H7BrF2N2O. The lowest BCUT2D eigenvalue weighted by Gasteiger charge is -2.01. The highest BCUT2D eigenvalue weighted by atomic mass is 79.9. The molecule has 0 aliphatic carbocycles. The molecule has 1 rings (SSSR count). The van der Waals surface area contributed by atoms with E-state index in [1.165, 1.54) is 0 Å². The molecule has 0 fully saturated rings. The lowest BCUT2D eigenvalue weighted by molar-refractivity contribution is -0.131. The third-order valence-electron chi connectivity index (χ3n) is 1.36. The molecular weight excluding hydrogens is 246 g/mol. The van der Waals surface area contributed by atoms with Crippen molar-refractivity contribution in [3.8, 4) is 0 Å². The Balaban J connectivity index is 2.39. The van der Waals surface area contributed by atoms with Crippen molar-refractivity contribution in [2.45, 2.75) is 13.0 Å². The first-order valence-corrected chi connectivity index (χ1v) is 4.27. The molecule has 0 saturated carbocycles. The van der Waals surface area contributed by atoms with Crippen LogP contribution >= 0.6 is 15.9 Å². The molecule has 72 valence electrons. The van der Waals surface area contributed by atoms with Crippen molar-refractivity contribution < 1.29 is 13.6 Å². The molecule has 1 aromatic heterocycles. The summed E-state index contributed by atoms with van der Waals surface area (Å²) in [6, 6.07) is 1.70. The highest BCUT2D eigenvalue weighted by Crippen LogP contribution is 2.10. The number of alkyl halides is 2. The standard InChI is InChI=1S/C7H7BrF2N2O/c8-4-1-5(11-2-4)3-12-7(13)6(9)10/h1-2,6,11H,3H2,(H,12,13). The Bertz CT molecular complexity index is 300. The van der Waals surface area contributed by atoms with Crippen LogP contribution in [0.5, 0.6) is 0 Å². The van der Waals surface area contributed by atoms with Gasteiger partial charge in [-0.1, -0.05) is 0 Å². The molecule has 0 aliphatic rings. The maximum atomic E-state index is 11.7. The van der Waals surface area contributed by atoms with Crippen molar-refractivity contribution >= 4 is 21.8 Å². The summed E-state index contributed by atoms with van der Waals surface area (Å²) < 4.78 is 24.2. The zero-order valence-corrected chi connectivity index (χ0v) is 8.07. The van der Waals surface area contributed by atoms with Gasteiger partial charge in [-0.05, 0) is 22.0 Å². The average molecular weight is 253 g/mol. The Morgan fingerprint density at radius 2 is 2.38 bits per heavy atom. The Kier molecular flexibility index (Phi) is 3.41. The number of amides is 1. The van der Waals surface area contributed by atoms with Crippen LogP contribution < -0.4 is 5.32 Å². The van der Waals surface area contributed by atoms with Crippen LogP contribution in [-0.2, 0) is 11.3 Å². The molecule has 1 heterocycles. The molecule has 0 radical (unpaired) electrons. The molecule has 13 heavy (non-hydrogen) atoms. The van der Waals surface area contributed by atoms with Crippen LogP contribution in [-0.4, -0.2) is 17.3 Å². The number of aromatic nitrogens is 1. The minimum atomic E-state index is -2.96. The minimum absolute atomic E-state index is 0.0781. The Hall–Kier alpha value is -0.910. The van der Waals surface area contributed by atoms with Crippen molar-refractivity contribution in [3.63, 3.8) is 0 Å². The van der Waals surface area contributed by atoms with E-state index in [0.29, 0.717) is 5.69 Å². The van der Waals surface area contributed by atoms with Crippen LogP contribution in [0.2, 0.25) is 0 Å². The molecule has 0 spiro atoms. The van der Waals surface area contributed by atoms with Gasteiger partial charge in [0.2, 0.25) is 0 Å². The SMILES string of the molecule is O=C(NCc1cc(Br)c[nH]1)C(F)F. The third-order valence-corrected chi connectivity index (χ3v) is 1.82. The first-order valence-electron chi connectivity index (χ1n) is 3.48. The topological polar surface area (TPSA) is 44.9 Å². The van der Waals surface area contributed by atoms with E-state index in [1.807, 2.05) is 0 Å². The number of hydrogen-bond donors (Lipinski definition) is 2. The molecule has 0 bridgehead atoms.